The van der Waals surface area contributed by atoms with Crippen molar-refractivity contribution in [1.29, 1.82) is 0 Å². The van der Waals surface area contributed by atoms with Crippen LogP contribution in [0.25, 0.3) is 0 Å². The summed E-state index contributed by atoms with van der Waals surface area (Å²) < 4.78 is 5.27. The smallest absolute Gasteiger partial charge is 0.249 e. The molecule has 1 fully saturated rings. The third kappa shape index (κ3) is 3.76. The molecule has 4 heteroatoms. The number of aliphatic hydroxyl groups excluding tert-OH is 1. The highest BCUT2D eigenvalue weighted by Gasteiger charge is 2.24. The first-order valence-electron chi connectivity index (χ1n) is 6.26. The summed E-state index contributed by atoms with van der Waals surface area (Å²) >= 11 is 0. The molecule has 1 amide bonds. The fourth-order valence-corrected chi connectivity index (χ4v) is 2.10. The normalized spacial score (nSPS) is 22.4. The third-order valence-electron chi connectivity index (χ3n) is 3.30. The Morgan fingerprint density at radius 3 is 2.69 bits per heavy atom. The van der Waals surface area contributed by atoms with Gasteiger partial charge in [-0.1, -0.05) is 26.7 Å². The number of aliphatic hydroxyl groups is 1. The third-order valence-corrected chi connectivity index (χ3v) is 3.30. The average molecular weight is 229 g/mol. The summed E-state index contributed by atoms with van der Waals surface area (Å²) in [6.07, 6.45) is 2.88. The molecule has 2 atom stereocenters. The molecule has 0 aromatic carbocycles. The molecule has 0 radical (unpaired) electrons. The number of hydrogen-bond donors (Lipinski definition) is 2. The minimum atomic E-state index is -0.444. The van der Waals surface area contributed by atoms with Gasteiger partial charge in [0.1, 0.15) is 6.10 Å². The van der Waals surface area contributed by atoms with Crippen LogP contribution in [0.3, 0.4) is 0 Å². The van der Waals surface area contributed by atoms with Gasteiger partial charge in [0.05, 0.1) is 6.10 Å². The van der Waals surface area contributed by atoms with Crippen LogP contribution in [0.4, 0.5) is 0 Å². The SMILES string of the molecule is CCC(CC)C(O)CNC(=O)[C@@H]1CCCO1. The largest absolute Gasteiger partial charge is 0.391 e. The molecule has 1 rings (SSSR count). The zero-order chi connectivity index (χ0) is 12.0. The van der Waals surface area contributed by atoms with Crippen LogP contribution in [0.15, 0.2) is 0 Å². The van der Waals surface area contributed by atoms with Crippen LogP contribution < -0.4 is 5.32 Å². The van der Waals surface area contributed by atoms with Crippen LogP contribution in [0, 0.1) is 5.92 Å². The van der Waals surface area contributed by atoms with Gasteiger partial charge in [-0.3, -0.25) is 4.79 Å². The van der Waals surface area contributed by atoms with Gasteiger partial charge >= 0.3 is 0 Å². The van der Waals surface area contributed by atoms with E-state index in [9.17, 15) is 9.90 Å². The molecular weight excluding hydrogens is 206 g/mol. The second kappa shape index (κ2) is 6.86. The van der Waals surface area contributed by atoms with E-state index < -0.39 is 6.10 Å². The molecular formula is C12H23NO3. The quantitative estimate of drug-likeness (QED) is 0.716. The fraction of sp³-hybridized carbons (Fsp3) is 0.917. The monoisotopic (exact) mass is 229 g/mol. The lowest BCUT2D eigenvalue weighted by molar-refractivity contribution is -0.130. The Kier molecular flexibility index (Phi) is 5.77. The van der Waals surface area contributed by atoms with Crippen molar-refractivity contribution in [2.24, 2.45) is 5.92 Å². The Labute approximate surface area is 97.4 Å². The highest BCUT2D eigenvalue weighted by Crippen LogP contribution is 2.14. The first kappa shape index (κ1) is 13.5. The lowest BCUT2D eigenvalue weighted by Gasteiger charge is -2.21. The second-order valence-electron chi connectivity index (χ2n) is 4.39. The zero-order valence-electron chi connectivity index (χ0n) is 10.2. The van der Waals surface area contributed by atoms with E-state index in [1.165, 1.54) is 0 Å². The number of amides is 1. The number of ether oxygens (including phenoxy) is 1. The lowest BCUT2D eigenvalue weighted by Crippen LogP contribution is -2.40. The van der Waals surface area contributed by atoms with Gasteiger partial charge in [-0.15, -0.1) is 0 Å². The van der Waals surface area contributed by atoms with Gasteiger partial charge in [-0.05, 0) is 18.8 Å². The summed E-state index contributed by atoms with van der Waals surface area (Å²) in [4.78, 5) is 11.6. The number of carbonyl (C=O) groups excluding carboxylic acids is 1. The highest BCUT2D eigenvalue weighted by molar-refractivity contribution is 5.80. The van der Waals surface area contributed by atoms with Crippen LogP contribution >= 0.6 is 0 Å². The van der Waals surface area contributed by atoms with E-state index in [1.54, 1.807) is 0 Å². The predicted molar refractivity (Wildman–Crippen MR) is 62.1 cm³/mol. The van der Waals surface area contributed by atoms with Crippen molar-refractivity contribution in [3.63, 3.8) is 0 Å². The highest BCUT2D eigenvalue weighted by atomic mass is 16.5. The molecule has 1 aliphatic heterocycles. The molecule has 0 bridgehead atoms. The second-order valence-corrected chi connectivity index (χ2v) is 4.39. The molecule has 94 valence electrons. The average Bonchev–Trinajstić information content (AvgIpc) is 2.81. The maximum Gasteiger partial charge on any atom is 0.249 e. The topological polar surface area (TPSA) is 58.6 Å². The van der Waals surface area contributed by atoms with E-state index in [2.05, 4.69) is 19.2 Å². The van der Waals surface area contributed by atoms with Crippen LogP contribution in [-0.2, 0) is 9.53 Å². The Morgan fingerprint density at radius 1 is 1.50 bits per heavy atom. The number of nitrogens with one attached hydrogen (secondary N) is 1. The van der Waals surface area contributed by atoms with Crippen LogP contribution in [-0.4, -0.2) is 36.4 Å². The number of rotatable bonds is 6. The molecule has 0 saturated carbocycles. The van der Waals surface area contributed by atoms with Crippen molar-refractivity contribution in [3.8, 4) is 0 Å². The summed E-state index contributed by atoms with van der Waals surface area (Å²) in [6, 6.07) is 0. The zero-order valence-corrected chi connectivity index (χ0v) is 10.2. The predicted octanol–water partition coefficient (Wildman–Crippen LogP) is 1.08. The van der Waals surface area contributed by atoms with E-state index >= 15 is 0 Å². The summed E-state index contributed by atoms with van der Waals surface area (Å²) in [5.41, 5.74) is 0. The van der Waals surface area contributed by atoms with E-state index in [0.717, 1.165) is 25.7 Å². The standard InChI is InChI=1S/C12H23NO3/c1-3-9(4-2)10(14)8-13-12(15)11-6-5-7-16-11/h9-11,14H,3-8H2,1-2H3,(H,13,15)/t10?,11-/m0/s1. The first-order chi connectivity index (χ1) is 7.69. The summed E-state index contributed by atoms with van der Waals surface area (Å²) in [5.74, 6) is 0.187. The van der Waals surface area contributed by atoms with Crippen molar-refractivity contribution in [3.05, 3.63) is 0 Å². The van der Waals surface area contributed by atoms with Gasteiger partial charge in [0, 0.05) is 13.2 Å². The molecule has 0 aromatic heterocycles. The maximum atomic E-state index is 11.6. The van der Waals surface area contributed by atoms with Crippen LogP contribution in [0.2, 0.25) is 0 Å². The molecule has 2 N–H and O–H groups in total. The van der Waals surface area contributed by atoms with E-state index in [-0.39, 0.29) is 17.9 Å². The van der Waals surface area contributed by atoms with Crippen LogP contribution in [0.1, 0.15) is 39.5 Å². The van der Waals surface area contributed by atoms with E-state index in [1.807, 2.05) is 0 Å². The Hall–Kier alpha value is -0.610. The summed E-state index contributed by atoms with van der Waals surface area (Å²) in [6.45, 7) is 5.12. The number of carbonyl (C=O) groups is 1. The van der Waals surface area contributed by atoms with Gasteiger partial charge < -0.3 is 15.2 Å². The molecule has 0 aromatic rings. The molecule has 0 spiro atoms. The molecule has 0 aliphatic carbocycles. The van der Waals surface area contributed by atoms with Gasteiger partial charge in [-0.2, -0.15) is 0 Å². The fourth-order valence-electron chi connectivity index (χ4n) is 2.10. The van der Waals surface area contributed by atoms with Gasteiger partial charge in [-0.25, -0.2) is 0 Å². The van der Waals surface area contributed by atoms with Crippen LogP contribution in [0.5, 0.6) is 0 Å². The van der Waals surface area contributed by atoms with Crippen molar-refractivity contribution >= 4 is 5.91 Å². The molecule has 1 heterocycles. The van der Waals surface area contributed by atoms with Crippen molar-refractivity contribution in [2.45, 2.75) is 51.7 Å². The van der Waals surface area contributed by atoms with Crippen molar-refractivity contribution in [2.75, 3.05) is 13.2 Å². The molecule has 1 saturated heterocycles. The minimum absolute atomic E-state index is 0.0810. The minimum Gasteiger partial charge on any atom is -0.391 e. The molecule has 1 aliphatic rings. The first-order valence-corrected chi connectivity index (χ1v) is 6.26. The van der Waals surface area contributed by atoms with Crippen molar-refractivity contribution in [1.82, 2.24) is 5.32 Å². The van der Waals surface area contributed by atoms with Gasteiger partial charge in [0.2, 0.25) is 5.91 Å². The summed E-state index contributed by atoms with van der Waals surface area (Å²) in [5, 5.41) is 12.6. The van der Waals surface area contributed by atoms with Crippen molar-refractivity contribution < 1.29 is 14.6 Å². The molecule has 1 unspecified atom stereocenters. The van der Waals surface area contributed by atoms with E-state index in [0.29, 0.717) is 13.2 Å². The van der Waals surface area contributed by atoms with E-state index in [4.69, 9.17) is 4.74 Å². The maximum absolute atomic E-state index is 11.6. The Morgan fingerprint density at radius 2 is 2.19 bits per heavy atom. The molecule has 4 nitrogen and oxygen atoms in total. The number of hydrogen-bond acceptors (Lipinski definition) is 3. The molecule has 16 heavy (non-hydrogen) atoms. The Balaban J connectivity index is 2.24. The van der Waals surface area contributed by atoms with Gasteiger partial charge in [0.25, 0.3) is 0 Å². The lowest BCUT2D eigenvalue weighted by atomic mass is 9.96. The summed E-state index contributed by atoms with van der Waals surface area (Å²) in [7, 11) is 0. The Bertz CT molecular complexity index is 210. The van der Waals surface area contributed by atoms with Gasteiger partial charge in [0.15, 0.2) is 0 Å².